The molecule has 142 valence electrons. The fourth-order valence-electron chi connectivity index (χ4n) is 3.65. The first-order valence-corrected chi connectivity index (χ1v) is 10.7. The number of rotatable bonds is 7. The molecule has 0 unspecified atom stereocenters. The zero-order valence-corrected chi connectivity index (χ0v) is 16.3. The van der Waals surface area contributed by atoms with Gasteiger partial charge in [-0.25, -0.2) is 13.1 Å². The Kier molecular flexibility index (Phi) is 6.11. The van der Waals surface area contributed by atoms with E-state index in [1.54, 1.807) is 13.8 Å². The van der Waals surface area contributed by atoms with E-state index < -0.39 is 10.0 Å². The van der Waals surface area contributed by atoms with E-state index in [1.165, 1.54) is 5.56 Å². The fourth-order valence-corrected chi connectivity index (χ4v) is 5.05. The predicted molar refractivity (Wildman–Crippen MR) is 101 cm³/mol. The van der Waals surface area contributed by atoms with Crippen molar-refractivity contribution in [2.24, 2.45) is 0 Å². The summed E-state index contributed by atoms with van der Waals surface area (Å²) in [7, 11) is -3.55. The van der Waals surface area contributed by atoms with Gasteiger partial charge in [-0.05, 0) is 64.2 Å². The van der Waals surface area contributed by atoms with E-state index in [9.17, 15) is 8.42 Å². The third-order valence-corrected chi connectivity index (χ3v) is 6.74. The smallest absolute Gasteiger partial charge is 0.245 e. The Hall–Kier alpha value is -1.70. The van der Waals surface area contributed by atoms with Crippen molar-refractivity contribution in [2.45, 2.75) is 43.9 Å². The number of piperidine rings is 1. The van der Waals surface area contributed by atoms with Crippen molar-refractivity contribution >= 4 is 10.0 Å². The molecule has 0 amide bonds. The normalized spacial score (nSPS) is 16.8. The summed E-state index contributed by atoms with van der Waals surface area (Å²) in [4.78, 5) is 2.59. The van der Waals surface area contributed by atoms with Crippen LogP contribution in [0.15, 0.2) is 39.8 Å². The maximum Gasteiger partial charge on any atom is 0.245 e. The van der Waals surface area contributed by atoms with Crippen LogP contribution in [0, 0.1) is 13.8 Å². The van der Waals surface area contributed by atoms with E-state index in [1.807, 2.05) is 0 Å². The number of hydrogen-bond donors (Lipinski definition) is 1. The molecule has 1 saturated heterocycles. The van der Waals surface area contributed by atoms with Gasteiger partial charge in [0.1, 0.15) is 10.6 Å². The van der Waals surface area contributed by atoms with Crippen molar-refractivity contribution in [3.05, 3.63) is 47.3 Å². The summed E-state index contributed by atoms with van der Waals surface area (Å²) in [6, 6.07) is 10.7. The minimum atomic E-state index is -3.55. The van der Waals surface area contributed by atoms with Gasteiger partial charge < -0.3 is 9.42 Å². The van der Waals surface area contributed by atoms with Gasteiger partial charge in [0.2, 0.25) is 10.0 Å². The summed E-state index contributed by atoms with van der Waals surface area (Å²) >= 11 is 0. The molecule has 7 heteroatoms. The van der Waals surface area contributed by atoms with Gasteiger partial charge in [-0.2, -0.15) is 0 Å². The minimum absolute atomic E-state index is 0.168. The zero-order valence-electron chi connectivity index (χ0n) is 15.4. The first kappa shape index (κ1) is 19.1. The molecule has 2 heterocycles. The summed E-state index contributed by atoms with van der Waals surface area (Å²) < 4.78 is 32.3. The number of sulfonamides is 1. The average Bonchev–Trinajstić information content (AvgIpc) is 2.99. The van der Waals surface area contributed by atoms with Crippen molar-refractivity contribution in [2.75, 3.05) is 26.2 Å². The molecule has 1 aromatic carbocycles. The van der Waals surface area contributed by atoms with Crippen molar-refractivity contribution in [3.63, 3.8) is 0 Å². The zero-order chi connectivity index (χ0) is 18.6. The van der Waals surface area contributed by atoms with Gasteiger partial charge in [0.25, 0.3) is 0 Å². The average molecular weight is 378 g/mol. The van der Waals surface area contributed by atoms with E-state index in [4.69, 9.17) is 4.52 Å². The van der Waals surface area contributed by atoms with Crippen LogP contribution in [0.2, 0.25) is 0 Å². The number of aryl methyl sites for hydroxylation is 2. The predicted octanol–water partition coefficient (Wildman–Crippen LogP) is 2.84. The highest BCUT2D eigenvalue weighted by Crippen LogP contribution is 2.27. The Labute approximate surface area is 155 Å². The Morgan fingerprint density at radius 2 is 1.88 bits per heavy atom. The molecular formula is C19H27N3O3S. The van der Waals surface area contributed by atoms with Crippen LogP contribution in [0.25, 0.3) is 0 Å². The van der Waals surface area contributed by atoms with E-state index >= 15 is 0 Å². The van der Waals surface area contributed by atoms with Crippen LogP contribution in [0.4, 0.5) is 0 Å². The highest BCUT2D eigenvalue weighted by molar-refractivity contribution is 7.89. The Bertz CT molecular complexity index is 790. The molecule has 0 aliphatic carbocycles. The topological polar surface area (TPSA) is 75.4 Å². The first-order chi connectivity index (χ1) is 12.5. The van der Waals surface area contributed by atoms with Crippen molar-refractivity contribution in [1.29, 1.82) is 0 Å². The van der Waals surface area contributed by atoms with Crippen molar-refractivity contribution in [3.8, 4) is 0 Å². The highest BCUT2D eigenvalue weighted by Gasteiger charge is 2.24. The van der Waals surface area contributed by atoms with Gasteiger partial charge in [0.05, 0.1) is 0 Å². The molecule has 1 aromatic heterocycles. The second-order valence-electron chi connectivity index (χ2n) is 6.93. The van der Waals surface area contributed by atoms with E-state index in [-0.39, 0.29) is 4.90 Å². The maximum atomic E-state index is 12.4. The number of hydrogen-bond acceptors (Lipinski definition) is 5. The van der Waals surface area contributed by atoms with E-state index in [0.29, 0.717) is 23.9 Å². The molecule has 3 rings (SSSR count). The van der Waals surface area contributed by atoms with E-state index in [2.05, 4.69) is 45.1 Å². The van der Waals surface area contributed by atoms with Crippen molar-refractivity contribution < 1.29 is 12.9 Å². The van der Waals surface area contributed by atoms with Gasteiger partial charge in [-0.3, -0.25) is 0 Å². The Morgan fingerprint density at radius 1 is 1.19 bits per heavy atom. The van der Waals surface area contributed by atoms with Crippen LogP contribution in [-0.2, 0) is 10.0 Å². The molecule has 0 atom stereocenters. The summed E-state index contributed by atoms with van der Waals surface area (Å²) in [5.41, 5.74) is 1.83. The number of nitrogens with zero attached hydrogens (tertiary/aromatic N) is 2. The molecule has 1 N–H and O–H groups in total. The van der Waals surface area contributed by atoms with Gasteiger partial charge in [0, 0.05) is 6.54 Å². The van der Waals surface area contributed by atoms with Crippen molar-refractivity contribution in [1.82, 2.24) is 14.8 Å². The summed E-state index contributed by atoms with van der Waals surface area (Å²) in [5, 5.41) is 3.71. The van der Waals surface area contributed by atoms with Gasteiger partial charge >= 0.3 is 0 Å². The first-order valence-electron chi connectivity index (χ1n) is 9.17. The summed E-state index contributed by atoms with van der Waals surface area (Å²) in [6.45, 7) is 6.72. The fraction of sp³-hybridized carbons (Fsp3) is 0.526. The van der Waals surface area contributed by atoms with Crippen LogP contribution in [0.3, 0.4) is 0 Å². The monoisotopic (exact) mass is 377 g/mol. The molecule has 26 heavy (non-hydrogen) atoms. The molecule has 1 aliphatic rings. The molecule has 0 spiro atoms. The van der Waals surface area contributed by atoms with Crippen LogP contribution >= 0.6 is 0 Å². The lowest BCUT2D eigenvalue weighted by atomic mass is 9.89. The molecule has 1 aliphatic heterocycles. The standard InChI is InChI=1S/C19H27N3O3S/c1-15-19(16(2)25-21-15)26(23,24)20-11-6-12-22-13-9-18(10-14-22)17-7-4-3-5-8-17/h3-5,7-8,18,20H,6,9-14H2,1-2H3. The molecule has 0 bridgehead atoms. The number of nitrogens with one attached hydrogen (secondary N) is 1. The molecule has 6 nitrogen and oxygen atoms in total. The third kappa shape index (κ3) is 4.52. The molecule has 0 saturated carbocycles. The maximum absolute atomic E-state index is 12.4. The van der Waals surface area contributed by atoms with Gasteiger partial charge in [0.15, 0.2) is 5.76 Å². The van der Waals surface area contributed by atoms with Crippen LogP contribution < -0.4 is 4.72 Å². The Balaban J connectivity index is 1.41. The lowest BCUT2D eigenvalue weighted by molar-refractivity contribution is 0.210. The molecule has 1 fully saturated rings. The summed E-state index contributed by atoms with van der Waals surface area (Å²) in [5.74, 6) is 0.975. The minimum Gasteiger partial charge on any atom is -0.360 e. The lowest BCUT2D eigenvalue weighted by Gasteiger charge is -2.32. The quantitative estimate of drug-likeness (QED) is 0.751. The van der Waals surface area contributed by atoms with Crippen LogP contribution in [-0.4, -0.2) is 44.7 Å². The summed E-state index contributed by atoms with van der Waals surface area (Å²) in [6.07, 6.45) is 3.11. The van der Waals surface area contributed by atoms with Crippen LogP contribution in [0.5, 0.6) is 0 Å². The third-order valence-electron chi connectivity index (χ3n) is 5.04. The second kappa shape index (κ2) is 8.33. The highest BCUT2D eigenvalue weighted by atomic mass is 32.2. The Morgan fingerprint density at radius 3 is 2.50 bits per heavy atom. The molecule has 2 aromatic rings. The van der Waals surface area contributed by atoms with E-state index in [0.717, 1.165) is 38.9 Å². The second-order valence-corrected chi connectivity index (χ2v) is 8.64. The largest absolute Gasteiger partial charge is 0.360 e. The van der Waals surface area contributed by atoms with Gasteiger partial charge in [-0.15, -0.1) is 0 Å². The molecular weight excluding hydrogens is 350 g/mol. The number of aromatic nitrogens is 1. The lowest BCUT2D eigenvalue weighted by Crippen LogP contribution is -2.35. The number of benzene rings is 1. The SMILES string of the molecule is Cc1noc(C)c1S(=O)(=O)NCCCN1CCC(c2ccccc2)CC1. The molecule has 0 radical (unpaired) electrons. The number of likely N-dealkylation sites (tertiary alicyclic amines) is 1. The van der Waals surface area contributed by atoms with Gasteiger partial charge in [-0.1, -0.05) is 35.5 Å². The van der Waals surface area contributed by atoms with Crippen LogP contribution in [0.1, 0.15) is 42.2 Å².